The molecule has 2 aliphatic rings. The van der Waals surface area contributed by atoms with Crippen LogP contribution >= 0.6 is 0 Å². The maximum absolute atomic E-state index is 14.2. The number of hydrogen-bond donors (Lipinski definition) is 0. The molecule has 2 aliphatic heterocycles. The first-order valence-corrected chi connectivity index (χ1v) is 13.3. The van der Waals surface area contributed by atoms with E-state index < -0.39 is 0 Å². The first kappa shape index (κ1) is 25.9. The summed E-state index contributed by atoms with van der Waals surface area (Å²) in [5, 5.41) is 6.58. The van der Waals surface area contributed by atoms with E-state index in [9.17, 15) is 9.18 Å². The Morgan fingerprint density at radius 3 is 2.45 bits per heavy atom. The van der Waals surface area contributed by atoms with Crippen LogP contribution in [-0.4, -0.2) is 60.9 Å². The maximum Gasteiger partial charge on any atom is 0.257 e. The Kier molecular flexibility index (Phi) is 7.74. The van der Waals surface area contributed by atoms with Gasteiger partial charge in [-0.3, -0.25) is 9.69 Å². The fourth-order valence-corrected chi connectivity index (χ4v) is 5.28. The third-order valence-corrected chi connectivity index (χ3v) is 7.37. The maximum atomic E-state index is 14.2. The van der Waals surface area contributed by atoms with Gasteiger partial charge >= 0.3 is 0 Å². The quantitative estimate of drug-likeness (QED) is 0.427. The standard InChI is InChI=1S/C31H35FN4O2/c1-4-38-25-13-11-24(12-14-25)30-20-28(26-19-22(2)9-10-23(26)3)33-36(30)31(37)21-34-15-17-35(18-16-34)29-8-6-5-7-27(29)32/h5-14,19,30H,4,15-18,20-21H2,1-3H3. The minimum atomic E-state index is -0.208. The fourth-order valence-electron chi connectivity index (χ4n) is 5.28. The first-order valence-electron chi connectivity index (χ1n) is 13.3. The molecule has 3 aromatic rings. The van der Waals surface area contributed by atoms with Crippen LogP contribution in [0.5, 0.6) is 5.75 Å². The van der Waals surface area contributed by atoms with Crippen LogP contribution in [0.2, 0.25) is 0 Å². The number of hydrogen-bond acceptors (Lipinski definition) is 5. The highest BCUT2D eigenvalue weighted by molar-refractivity contribution is 6.04. The second-order valence-electron chi connectivity index (χ2n) is 10.0. The lowest BCUT2D eigenvalue weighted by atomic mass is 9.95. The highest BCUT2D eigenvalue weighted by Gasteiger charge is 2.34. The van der Waals surface area contributed by atoms with Gasteiger partial charge in [-0.05, 0) is 62.2 Å². The molecule has 7 heteroatoms. The summed E-state index contributed by atoms with van der Waals surface area (Å²) in [7, 11) is 0. The van der Waals surface area contributed by atoms with E-state index in [1.807, 2.05) is 48.2 Å². The normalized spacial score (nSPS) is 18.0. The van der Waals surface area contributed by atoms with E-state index in [-0.39, 0.29) is 24.3 Å². The molecule has 0 aliphatic carbocycles. The van der Waals surface area contributed by atoms with Crippen LogP contribution in [0.3, 0.4) is 0 Å². The molecule has 0 bridgehead atoms. The van der Waals surface area contributed by atoms with Crippen LogP contribution in [0.1, 0.15) is 41.6 Å². The van der Waals surface area contributed by atoms with Gasteiger partial charge in [0.25, 0.3) is 5.91 Å². The van der Waals surface area contributed by atoms with E-state index in [0.717, 1.165) is 28.2 Å². The summed E-state index contributed by atoms with van der Waals surface area (Å²) in [5.74, 6) is 0.583. The molecule has 3 aromatic carbocycles. The largest absolute Gasteiger partial charge is 0.494 e. The molecule has 1 atom stereocenters. The van der Waals surface area contributed by atoms with Crippen molar-refractivity contribution in [2.45, 2.75) is 33.2 Å². The number of rotatable bonds is 7. The van der Waals surface area contributed by atoms with E-state index in [0.29, 0.717) is 44.9 Å². The third-order valence-electron chi connectivity index (χ3n) is 7.37. The molecular formula is C31H35FN4O2. The number of halogens is 1. The van der Waals surface area contributed by atoms with Gasteiger partial charge in [-0.15, -0.1) is 0 Å². The molecule has 0 spiro atoms. The van der Waals surface area contributed by atoms with Crippen molar-refractivity contribution in [3.8, 4) is 5.75 Å². The molecule has 6 nitrogen and oxygen atoms in total. The van der Waals surface area contributed by atoms with Crippen molar-refractivity contribution < 1.29 is 13.9 Å². The van der Waals surface area contributed by atoms with Crippen LogP contribution in [0, 0.1) is 19.7 Å². The second-order valence-corrected chi connectivity index (χ2v) is 10.0. The van der Waals surface area contributed by atoms with Crippen LogP contribution < -0.4 is 9.64 Å². The van der Waals surface area contributed by atoms with Crippen molar-refractivity contribution in [1.29, 1.82) is 0 Å². The molecule has 0 saturated carbocycles. The number of carbonyl (C=O) groups is 1. The summed E-state index contributed by atoms with van der Waals surface area (Å²) in [6.45, 7) is 9.74. The number of para-hydroxylation sites is 1. The van der Waals surface area contributed by atoms with Gasteiger partial charge in [-0.1, -0.05) is 42.0 Å². The highest BCUT2D eigenvalue weighted by atomic mass is 19.1. The minimum absolute atomic E-state index is 0.0245. The number of aryl methyl sites for hydroxylation is 2. The molecule has 0 radical (unpaired) electrons. The molecular weight excluding hydrogens is 479 g/mol. The van der Waals surface area contributed by atoms with E-state index in [4.69, 9.17) is 9.84 Å². The molecule has 1 saturated heterocycles. The average Bonchev–Trinajstić information content (AvgIpc) is 3.37. The Morgan fingerprint density at radius 2 is 1.74 bits per heavy atom. The summed E-state index contributed by atoms with van der Waals surface area (Å²) in [6.07, 6.45) is 0.658. The van der Waals surface area contributed by atoms with Crippen molar-refractivity contribution in [1.82, 2.24) is 9.91 Å². The molecule has 1 fully saturated rings. The molecule has 0 N–H and O–H groups in total. The summed E-state index contributed by atoms with van der Waals surface area (Å²) >= 11 is 0. The lowest BCUT2D eigenvalue weighted by molar-refractivity contribution is -0.134. The van der Waals surface area contributed by atoms with Gasteiger partial charge in [0.05, 0.1) is 30.6 Å². The monoisotopic (exact) mass is 514 g/mol. The Hall–Kier alpha value is -3.71. The molecule has 1 unspecified atom stereocenters. The summed E-state index contributed by atoms with van der Waals surface area (Å²) in [5.41, 5.74) is 6.01. The van der Waals surface area contributed by atoms with Crippen LogP contribution in [0.25, 0.3) is 0 Å². The van der Waals surface area contributed by atoms with Crippen molar-refractivity contribution in [2.24, 2.45) is 5.10 Å². The summed E-state index contributed by atoms with van der Waals surface area (Å²) in [4.78, 5) is 17.9. The summed E-state index contributed by atoms with van der Waals surface area (Å²) < 4.78 is 19.9. The Balaban J connectivity index is 1.33. The van der Waals surface area contributed by atoms with E-state index >= 15 is 0 Å². The van der Waals surface area contributed by atoms with Crippen molar-refractivity contribution in [3.63, 3.8) is 0 Å². The van der Waals surface area contributed by atoms with Crippen molar-refractivity contribution in [3.05, 3.63) is 94.8 Å². The number of hydrazone groups is 1. The van der Waals surface area contributed by atoms with Crippen LogP contribution in [-0.2, 0) is 4.79 Å². The number of piperazine rings is 1. The first-order chi connectivity index (χ1) is 18.4. The lowest BCUT2D eigenvalue weighted by Crippen LogP contribution is -2.49. The number of anilines is 1. The van der Waals surface area contributed by atoms with E-state index in [1.165, 1.54) is 11.6 Å². The van der Waals surface area contributed by atoms with Crippen LogP contribution in [0.15, 0.2) is 71.8 Å². The van der Waals surface area contributed by atoms with Gasteiger partial charge in [-0.25, -0.2) is 9.40 Å². The average molecular weight is 515 g/mol. The zero-order valence-corrected chi connectivity index (χ0v) is 22.4. The zero-order valence-electron chi connectivity index (χ0n) is 22.4. The highest BCUT2D eigenvalue weighted by Crippen LogP contribution is 2.34. The van der Waals surface area contributed by atoms with E-state index in [1.54, 1.807) is 11.1 Å². The Morgan fingerprint density at radius 1 is 1.00 bits per heavy atom. The fraction of sp³-hybridized carbons (Fsp3) is 0.355. The van der Waals surface area contributed by atoms with Crippen LogP contribution in [0.4, 0.5) is 10.1 Å². The molecule has 5 rings (SSSR count). The lowest BCUT2D eigenvalue weighted by Gasteiger charge is -2.36. The van der Waals surface area contributed by atoms with Gasteiger partial charge in [0.2, 0.25) is 0 Å². The van der Waals surface area contributed by atoms with Gasteiger partial charge in [0, 0.05) is 38.2 Å². The van der Waals surface area contributed by atoms with Gasteiger partial charge in [-0.2, -0.15) is 5.10 Å². The third kappa shape index (κ3) is 5.58. The number of benzene rings is 3. The smallest absolute Gasteiger partial charge is 0.257 e. The summed E-state index contributed by atoms with van der Waals surface area (Å²) in [6, 6.07) is 21.0. The van der Waals surface area contributed by atoms with Gasteiger partial charge in [0.15, 0.2) is 0 Å². The van der Waals surface area contributed by atoms with Gasteiger partial charge in [0.1, 0.15) is 11.6 Å². The molecule has 2 heterocycles. The molecule has 1 amide bonds. The number of nitrogens with zero attached hydrogens (tertiary/aromatic N) is 4. The predicted octanol–water partition coefficient (Wildman–Crippen LogP) is 5.34. The van der Waals surface area contributed by atoms with Crippen molar-refractivity contribution in [2.75, 3.05) is 44.2 Å². The molecule has 38 heavy (non-hydrogen) atoms. The minimum Gasteiger partial charge on any atom is -0.494 e. The topological polar surface area (TPSA) is 48.4 Å². The number of carbonyl (C=O) groups excluding carboxylic acids is 1. The Bertz CT molecular complexity index is 1320. The van der Waals surface area contributed by atoms with E-state index in [2.05, 4.69) is 36.9 Å². The predicted molar refractivity (Wildman–Crippen MR) is 149 cm³/mol. The SMILES string of the molecule is CCOc1ccc(C2CC(c3cc(C)ccc3C)=NN2C(=O)CN2CCN(c3ccccc3F)CC2)cc1. The second kappa shape index (κ2) is 11.4. The van der Waals surface area contributed by atoms with Gasteiger partial charge < -0.3 is 9.64 Å². The Labute approximate surface area is 224 Å². The molecule has 0 aromatic heterocycles. The number of amides is 1. The zero-order chi connectivity index (χ0) is 26.6. The molecule has 198 valence electrons. The number of ether oxygens (including phenoxy) is 1. The van der Waals surface area contributed by atoms with Crippen molar-refractivity contribution >= 4 is 17.3 Å².